The summed E-state index contributed by atoms with van der Waals surface area (Å²) in [6.45, 7) is 5.39. The summed E-state index contributed by atoms with van der Waals surface area (Å²) in [5.41, 5.74) is 2.52. The molecular weight excluding hydrogens is 344 g/mol. The summed E-state index contributed by atoms with van der Waals surface area (Å²) >= 11 is 0. The Kier molecular flexibility index (Phi) is 5.78. The normalized spacial score (nSPS) is 16.7. The average molecular weight is 370 g/mol. The second-order valence-corrected chi connectivity index (χ2v) is 6.79. The number of piperidine rings is 1. The number of rotatable bonds is 5. The number of carbonyl (C=O) groups is 1. The van der Waals surface area contributed by atoms with Crippen LogP contribution in [-0.4, -0.2) is 43.2 Å². The van der Waals surface area contributed by atoms with Gasteiger partial charge in [0, 0.05) is 30.5 Å². The zero-order valence-corrected chi connectivity index (χ0v) is 16.3. The van der Waals surface area contributed by atoms with Crippen LogP contribution in [0, 0.1) is 19.8 Å². The van der Waals surface area contributed by atoms with Gasteiger partial charge < -0.3 is 19.7 Å². The van der Waals surface area contributed by atoms with E-state index in [2.05, 4.69) is 20.2 Å². The Balaban J connectivity index is 1.72. The number of hydrogen-bond donors (Lipinski definition) is 1. The largest absolute Gasteiger partial charge is 0.497 e. The van der Waals surface area contributed by atoms with Crippen LogP contribution < -0.4 is 19.7 Å². The van der Waals surface area contributed by atoms with E-state index in [0.29, 0.717) is 29.7 Å². The molecule has 2 aromatic rings. The molecule has 1 amide bonds. The predicted molar refractivity (Wildman–Crippen MR) is 105 cm³/mol. The number of carbonyl (C=O) groups excluding carboxylic acids is 1. The molecule has 1 saturated heterocycles. The van der Waals surface area contributed by atoms with Crippen molar-refractivity contribution in [3.8, 4) is 11.5 Å². The smallest absolute Gasteiger partial charge is 0.229 e. The van der Waals surface area contributed by atoms with Crippen molar-refractivity contribution in [3.63, 3.8) is 0 Å². The molecule has 1 aliphatic heterocycles. The van der Waals surface area contributed by atoms with Gasteiger partial charge in [0.2, 0.25) is 11.9 Å². The van der Waals surface area contributed by atoms with Gasteiger partial charge in [-0.15, -0.1) is 0 Å². The van der Waals surface area contributed by atoms with Crippen molar-refractivity contribution in [2.24, 2.45) is 5.92 Å². The molecule has 0 unspecified atom stereocenters. The summed E-state index contributed by atoms with van der Waals surface area (Å²) in [4.78, 5) is 24.0. The van der Waals surface area contributed by atoms with Crippen molar-refractivity contribution in [2.75, 3.05) is 37.5 Å². The minimum Gasteiger partial charge on any atom is -0.497 e. The molecule has 0 bridgehead atoms. The number of aromatic nitrogens is 2. The standard InChI is InChI=1S/C20H26N4O3/c1-13-10-14(2)22-20(21-13)24-9-5-6-15(12-24)19(25)23-17-8-7-16(26-3)11-18(17)27-4/h7-8,10-11,15H,5-6,9,12H2,1-4H3,(H,23,25)/t15-/m0/s1. The Hall–Kier alpha value is -2.83. The topological polar surface area (TPSA) is 76.6 Å². The molecular formula is C20H26N4O3. The van der Waals surface area contributed by atoms with Gasteiger partial charge in [0.1, 0.15) is 11.5 Å². The highest BCUT2D eigenvalue weighted by atomic mass is 16.5. The number of hydrogen-bond acceptors (Lipinski definition) is 6. The quantitative estimate of drug-likeness (QED) is 0.872. The third-order valence-corrected chi connectivity index (χ3v) is 4.71. The summed E-state index contributed by atoms with van der Waals surface area (Å²) in [7, 11) is 3.17. The van der Waals surface area contributed by atoms with Gasteiger partial charge in [-0.1, -0.05) is 0 Å². The van der Waals surface area contributed by atoms with E-state index in [1.54, 1.807) is 32.4 Å². The van der Waals surface area contributed by atoms with Gasteiger partial charge >= 0.3 is 0 Å². The van der Waals surface area contributed by atoms with Crippen molar-refractivity contribution in [2.45, 2.75) is 26.7 Å². The van der Waals surface area contributed by atoms with E-state index in [1.165, 1.54) is 0 Å². The molecule has 3 rings (SSSR count). The lowest BCUT2D eigenvalue weighted by Gasteiger charge is -2.32. The summed E-state index contributed by atoms with van der Waals surface area (Å²) in [5.74, 6) is 1.81. The van der Waals surface area contributed by atoms with Crippen LogP contribution in [0.1, 0.15) is 24.2 Å². The molecule has 7 heteroatoms. The molecule has 0 radical (unpaired) electrons. The Morgan fingerprint density at radius 2 is 1.89 bits per heavy atom. The lowest BCUT2D eigenvalue weighted by Crippen LogP contribution is -2.41. The van der Waals surface area contributed by atoms with Crippen LogP contribution in [0.2, 0.25) is 0 Å². The first-order valence-corrected chi connectivity index (χ1v) is 9.10. The van der Waals surface area contributed by atoms with E-state index < -0.39 is 0 Å². The number of anilines is 2. The molecule has 7 nitrogen and oxygen atoms in total. The Labute approximate surface area is 159 Å². The van der Waals surface area contributed by atoms with Crippen LogP contribution in [-0.2, 0) is 4.79 Å². The molecule has 0 spiro atoms. The van der Waals surface area contributed by atoms with E-state index in [9.17, 15) is 4.79 Å². The van der Waals surface area contributed by atoms with Crippen LogP contribution in [0.3, 0.4) is 0 Å². The maximum absolute atomic E-state index is 12.8. The van der Waals surface area contributed by atoms with Gasteiger partial charge in [-0.2, -0.15) is 0 Å². The van der Waals surface area contributed by atoms with Gasteiger partial charge in [0.15, 0.2) is 0 Å². The zero-order chi connectivity index (χ0) is 19.4. The van der Waals surface area contributed by atoms with Gasteiger partial charge in [0.05, 0.1) is 25.8 Å². The monoisotopic (exact) mass is 370 g/mol. The minimum absolute atomic E-state index is 0.0208. The first-order chi connectivity index (χ1) is 13.0. The predicted octanol–water partition coefficient (Wildman–Crippen LogP) is 2.97. The van der Waals surface area contributed by atoms with Crippen LogP contribution in [0.4, 0.5) is 11.6 Å². The van der Waals surface area contributed by atoms with Gasteiger partial charge in [0.25, 0.3) is 0 Å². The Morgan fingerprint density at radius 3 is 2.56 bits per heavy atom. The molecule has 0 saturated carbocycles. The van der Waals surface area contributed by atoms with E-state index in [1.807, 2.05) is 19.9 Å². The molecule has 0 aliphatic carbocycles. The Bertz CT molecular complexity index is 805. The summed E-state index contributed by atoms with van der Waals surface area (Å²) in [6.07, 6.45) is 1.76. The first kappa shape index (κ1) is 18.9. The van der Waals surface area contributed by atoms with Crippen molar-refractivity contribution < 1.29 is 14.3 Å². The van der Waals surface area contributed by atoms with Crippen LogP contribution in [0.15, 0.2) is 24.3 Å². The second kappa shape index (κ2) is 8.24. The summed E-state index contributed by atoms with van der Waals surface area (Å²) in [6, 6.07) is 7.30. The van der Waals surface area contributed by atoms with E-state index in [4.69, 9.17) is 9.47 Å². The number of aryl methyl sites for hydroxylation is 2. The molecule has 1 aliphatic rings. The number of nitrogens with zero attached hydrogens (tertiary/aromatic N) is 3. The molecule has 27 heavy (non-hydrogen) atoms. The van der Waals surface area contributed by atoms with Crippen LogP contribution in [0.25, 0.3) is 0 Å². The van der Waals surface area contributed by atoms with E-state index in [-0.39, 0.29) is 11.8 Å². The van der Waals surface area contributed by atoms with Gasteiger partial charge in [-0.25, -0.2) is 9.97 Å². The summed E-state index contributed by atoms with van der Waals surface area (Å²) in [5, 5.41) is 2.99. The second-order valence-electron chi connectivity index (χ2n) is 6.79. The molecule has 1 atom stereocenters. The fraction of sp³-hybridized carbons (Fsp3) is 0.450. The van der Waals surface area contributed by atoms with Gasteiger partial charge in [-0.3, -0.25) is 4.79 Å². The van der Waals surface area contributed by atoms with Crippen molar-refractivity contribution in [3.05, 3.63) is 35.7 Å². The SMILES string of the molecule is COc1ccc(NC(=O)[C@H]2CCCN(c3nc(C)cc(C)n3)C2)c(OC)c1. The zero-order valence-electron chi connectivity index (χ0n) is 16.3. The highest BCUT2D eigenvalue weighted by Crippen LogP contribution is 2.30. The fourth-order valence-corrected chi connectivity index (χ4v) is 3.36. The molecule has 1 fully saturated rings. The third-order valence-electron chi connectivity index (χ3n) is 4.71. The summed E-state index contributed by atoms with van der Waals surface area (Å²) < 4.78 is 10.6. The molecule has 1 N–H and O–H groups in total. The van der Waals surface area contributed by atoms with Crippen molar-refractivity contribution >= 4 is 17.5 Å². The third kappa shape index (κ3) is 4.48. The van der Waals surface area contributed by atoms with E-state index >= 15 is 0 Å². The molecule has 1 aromatic heterocycles. The van der Waals surface area contributed by atoms with Crippen molar-refractivity contribution in [1.29, 1.82) is 0 Å². The molecule has 2 heterocycles. The maximum atomic E-state index is 12.8. The van der Waals surface area contributed by atoms with E-state index in [0.717, 1.165) is 30.8 Å². The Morgan fingerprint density at radius 1 is 1.15 bits per heavy atom. The number of amides is 1. The molecule has 144 valence electrons. The highest BCUT2D eigenvalue weighted by Gasteiger charge is 2.28. The first-order valence-electron chi connectivity index (χ1n) is 9.10. The number of benzene rings is 1. The maximum Gasteiger partial charge on any atom is 0.229 e. The lowest BCUT2D eigenvalue weighted by molar-refractivity contribution is -0.120. The number of methoxy groups -OCH3 is 2. The highest BCUT2D eigenvalue weighted by molar-refractivity contribution is 5.94. The number of nitrogens with one attached hydrogen (secondary N) is 1. The number of ether oxygens (including phenoxy) is 2. The minimum atomic E-state index is -0.130. The lowest BCUT2D eigenvalue weighted by atomic mass is 9.97. The van der Waals surface area contributed by atoms with Crippen LogP contribution in [0.5, 0.6) is 11.5 Å². The van der Waals surface area contributed by atoms with Crippen LogP contribution >= 0.6 is 0 Å². The molecule has 1 aromatic carbocycles. The average Bonchev–Trinajstić information content (AvgIpc) is 2.67. The fourth-order valence-electron chi connectivity index (χ4n) is 3.36. The van der Waals surface area contributed by atoms with Gasteiger partial charge in [-0.05, 0) is 44.9 Å². The van der Waals surface area contributed by atoms with Crippen molar-refractivity contribution in [1.82, 2.24) is 9.97 Å².